The molecule has 0 aromatic heterocycles. The molecule has 0 unspecified atom stereocenters. The molecule has 0 heterocycles. The number of aromatic carboxylic acids is 1. The van der Waals surface area contributed by atoms with Gasteiger partial charge in [-0.15, -0.1) is 0 Å². The highest BCUT2D eigenvalue weighted by Crippen LogP contribution is 2.19. The van der Waals surface area contributed by atoms with Crippen molar-refractivity contribution in [2.75, 3.05) is 5.32 Å². The number of benzene rings is 2. The molecule has 5 heteroatoms. The van der Waals surface area contributed by atoms with Crippen LogP contribution in [-0.4, -0.2) is 11.1 Å². The van der Waals surface area contributed by atoms with Gasteiger partial charge < -0.3 is 10.4 Å². The smallest absolute Gasteiger partial charge is 0.335 e. The molecule has 0 saturated heterocycles. The summed E-state index contributed by atoms with van der Waals surface area (Å²) in [6.45, 7) is 1.88. The summed E-state index contributed by atoms with van der Waals surface area (Å²) in [6, 6.07) is 7.84. The molecule has 104 valence electrons. The highest BCUT2D eigenvalue weighted by Gasteiger charge is 2.08. The number of anilines is 1. The summed E-state index contributed by atoms with van der Waals surface area (Å²) in [5, 5.41) is 11.9. The summed E-state index contributed by atoms with van der Waals surface area (Å²) >= 11 is 0. The van der Waals surface area contributed by atoms with Gasteiger partial charge in [0.25, 0.3) is 0 Å². The lowest BCUT2D eigenvalue weighted by Crippen LogP contribution is -2.05. The van der Waals surface area contributed by atoms with Crippen molar-refractivity contribution in [2.24, 2.45) is 0 Å². The maximum Gasteiger partial charge on any atom is 0.335 e. The van der Waals surface area contributed by atoms with E-state index in [0.29, 0.717) is 5.69 Å². The van der Waals surface area contributed by atoms with Crippen LogP contribution in [0, 0.1) is 18.6 Å². The Bertz CT molecular complexity index is 656. The van der Waals surface area contributed by atoms with Crippen LogP contribution in [0.1, 0.15) is 21.5 Å². The first-order valence-electron chi connectivity index (χ1n) is 5.99. The Morgan fingerprint density at radius 1 is 1.20 bits per heavy atom. The molecule has 0 amide bonds. The summed E-state index contributed by atoms with van der Waals surface area (Å²) in [7, 11) is 0. The Morgan fingerprint density at radius 2 is 1.95 bits per heavy atom. The molecule has 20 heavy (non-hydrogen) atoms. The number of halogens is 2. The van der Waals surface area contributed by atoms with E-state index in [2.05, 4.69) is 5.32 Å². The van der Waals surface area contributed by atoms with Crippen LogP contribution in [0.5, 0.6) is 0 Å². The molecule has 0 radical (unpaired) electrons. The van der Waals surface area contributed by atoms with Gasteiger partial charge in [0.1, 0.15) is 11.6 Å². The second-order valence-electron chi connectivity index (χ2n) is 4.42. The highest BCUT2D eigenvalue weighted by molar-refractivity contribution is 5.89. The number of nitrogens with one attached hydrogen (secondary N) is 1. The Hall–Kier alpha value is -2.43. The third-order valence-corrected chi connectivity index (χ3v) is 2.96. The van der Waals surface area contributed by atoms with Crippen molar-refractivity contribution in [1.82, 2.24) is 0 Å². The van der Waals surface area contributed by atoms with Crippen molar-refractivity contribution in [1.29, 1.82) is 0 Å². The molecule has 2 aromatic carbocycles. The number of carboxylic acid groups (broad SMARTS) is 1. The van der Waals surface area contributed by atoms with Crippen LogP contribution in [0.2, 0.25) is 0 Å². The molecule has 0 aliphatic heterocycles. The topological polar surface area (TPSA) is 49.3 Å². The Morgan fingerprint density at radius 3 is 2.65 bits per heavy atom. The fraction of sp³-hybridized carbons (Fsp3) is 0.133. The fourth-order valence-electron chi connectivity index (χ4n) is 1.81. The molecule has 0 saturated carbocycles. The monoisotopic (exact) mass is 277 g/mol. The molecule has 0 bridgehead atoms. The Kier molecular flexibility index (Phi) is 3.98. The first-order chi connectivity index (χ1) is 9.47. The van der Waals surface area contributed by atoms with Crippen molar-refractivity contribution in [3.63, 3.8) is 0 Å². The van der Waals surface area contributed by atoms with E-state index in [1.807, 2.05) is 0 Å². The molecule has 2 rings (SSSR count). The normalized spacial score (nSPS) is 10.3. The van der Waals surface area contributed by atoms with Gasteiger partial charge in [-0.05, 0) is 42.8 Å². The molecule has 0 spiro atoms. The van der Waals surface area contributed by atoms with Crippen molar-refractivity contribution < 1.29 is 18.7 Å². The van der Waals surface area contributed by atoms with Crippen LogP contribution < -0.4 is 5.32 Å². The lowest BCUT2D eigenvalue weighted by molar-refractivity contribution is 0.0697. The predicted octanol–water partition coefficient (Wildman–Crippen LogP) is 3.58. The zero-order valence-electron chi connectivity index (χ0n) is 10.8. The van der Waals surface area contributed by atoms with Crippen LogP contribution in [0.4, 0.5) is 14.5 Å². The fourth-order valence-corrected chi connectivity index (χ4v) is 1.81. The predicted molar refractivity (Wildman–Crippen MR) is 71.8 cm³/mol. The summed E-state index contributed by atoms with van der Waals surface area (Å²) in [5.41, 5.74) is 1.73. The lowest BCUT2D eigenvalue weighted by atomic mass is 10.1. The SMILES string of the molecule is Cc1ccc(C(=O)O)cc1NCc1cc(F)ccc1F. The van der Waals surface area contributed by atoms with Crippen LogP contribution in [0.15, 0.2) is 36.4 Å². The van der Waals surface area contributed by atoms with Gasteiger partial charge in [-0.2, -0.15) is 0 Å². The second kappa shape index (κ2) is 5.69. The van der Waals surface area contributed by atoms with E-state index in [1.165, 1.54) is 12.1 Å². The zero-order chi connectivity index (χ0) is 14.7. The summed E-state index contributed by atoms with van der Waals surface area (Å²) in [6.07, 6.45) is 0. The number of carbonyl (C=O) groups is 1. The standard InChI is InChI=1S/C15H13F2NO2/c1-9-2-3-10(15(19)20)7-14(9)18-8-11-6-12(16)4-5-13(11)17/h2-7,18H,8H2,1H3,(H,19,20). The van der Waals surface area contributed by atoms with E-state index < -0.39 is 17.6 Å². The van der Waals surface area contributed by atoms with Crippen molar-refractivity contribution >= 4 is 11.7 Å². The van der Waals surface area contributed by atoms with Gasteiger partial charge >= 0.3 is 5.97 Å². The average Bonchev–Trinajstić information content (AvgIpc) is 2.41. The van der Waals surface area contributed by atoms with E-state index in [-0.39, 0.29) is 17.7 Å². The van der Waals surface area contributed by atoms with E-state index in [0.717, 1.165) is 23.8 Å². The van der Waals surface area contributed by atoms with E-state index >= 15 is 0 Å². The number of carboxylic acids is 1. The largest absolute Gasteiger partial charge is 0.478 e. The summed E-state index contributed by atoms with van der Waals surface area (Å²) < 4.78 is 26.5. The van der Waals surface area contributed by atoms with Gasteiger partial charge in [0, 0.05) is 17.8 Å². The number of rotatable bonds is 4. The number of aryl methyl sites for hydroxylation is 1. The van der Waals surface area contributed by atoms with E-state index in [4.69, 9.17) is 5.11 Å². The van der Waals surface area contributed by atoms with Crippen LogP contribution in [0.25, 0.3) is 0 Å². The van der Waals surface area contributed by atoms with Crippen molar-refractivity contribution in [2.45, 2.75) is 13.5 Å². The van der Waals surface area contributed by atoms with Crippen molar-refractivity contribution in [3.05, 3.63) is 64.7 Å². The summed E-state index contributed by atoms with van der Waals surface area (Å²) in [4.78, 5) is 10.9. The second-order valence-corrected chi connectivity index (χ2v) is 4.42. The number of hydrogen-bond donors (Lipinski definition) is 2. The van der Waals surface area contributed by atoms with Gasteiger partial charge in [-0.25, -0.2) is 13.6 Å². The summed E-state index contributed by atoms with van der Waals surface area (Å²) in [5.74, 6) is -2.06. The first-order valence-corrected chi connectivity index (χ1v) is 5.99. The minimum absolute atomic E-state index is 0.0769. The van der Waals surface area contributed by atoms with Gasteiger partial charge in [0.2, 0.25) is 0 Å². The van der Waals surface area contributed by atoms with Gasteiger partial charge in [-0.1, -0.05) is 6.07 Å². The Labute approximate surface area is 114 Å². The molecule has 2 aromatic rings. The molecule has 0 fully saturated rings. The lowest BCUT2D eigenvalue weighted by Gasteiger charge is -2.11. The van der Waals surface area contributed by atoms with Crippen molar-refractivity contribution in [3.8, 4) is 0 Å². The number of hydrogen-bond acceptors (Lipinski definition) is 2. The van der Waals surface area contributed by atoms with Crippen LogP contribution in [0.3, 0.4) is 0 Å². The van der Waals surface area contributed by atoms with Gasteiger partial charge in [0.15, 0.2) is 0 Å². The van der Waals surface area contributed by atoms with E-state index in [9.17, 15) is 13.6 Å². The van der Waals surface area contributed by atoms with E-state index in [1.54, 1.807) is 13.0 Å². The molecular weight excluding hydrogens is 264 g/mol. The highest BCUT2D eigenvalue weighted by atomic mass is 19.1. The molecule has 2 N–H and O–H groups in total. The molecule has 3 nitrogen and oxygen atoms in total. The van der Waals surface area contributed by atoms with Gasteiger partial charge in [0.05, 0.1) is 5.56 Å². The first kappa shape index (κ1) is 14.0. The third kappa shape index (κ3) is 3.12. The zero-order valence-corrected chi connectivity index (χ0v) is 10.8. The van der Waals surface area contributed by atoms with Gasteiger partial charge in [-0.3, -0.25) is 0 Å². The maximum absolute atomic E-state index is 13.5. The molecule has 0 aliphatic carbocycles. The average molecular weight is 277 g/mol. The van der Waals surface area contributed by atoms with Crippen LogP contribution >= 0.6 is 0 Å². The minimum Gasteiger partial charge on any atom is -0.478 e. The maximum atomic E-state index is 13.5. The molecule has 0 aliphatic rings. The quantitative estimate of drug-likeness (QED) is 0.898. The minimum atomic E-state index is -1.04. The van der Waals surface area contributed by atoms with Crippen LogP contribution in [-0.2, 0) is 6.54 Å². The Balaban J connectivity index is 2.20. The molecular formula is C15H13F2NO2. The third-order valence-electron chi connectivity index (χ3n) is 2.96. The molecule has 0 atom stereocenters.